The van der Waals surface area contributed by atoms with Crippen LogP contribution in [0.25, 0.3) is 10.4 Å². The average molecular weight is 181 g/mol. The summed E-state index contributed by atoms with van der Waals surface area (Å²) in [6.45, 7) is 0.147. The Balaban J connectivity index is 3.53. The minimum absolute atomic E-state index is 0.147. The monoisotopic (exact) mass is 181 g/mol. The first-order chi connectivity index (χ1) is 5.12. The van der Waals surface area contributed by atoms with E-state index in [1.54, 1.807) is 0 Å². The molecule has 0 spiro atoms. The van der Waals surface area contributed by atoms with Crippen LogP contribution in [0.5, 0.6) is 0 Å². The summed E-state index contributed by atoms with van der Waals surface area (Å²) in [5.41, 5.74) is 7.82. The summed E-state index contributed by atoms with van der Waals surface area (Å²) in [7, 11) is -2.85. The van der Waals surface area contributed by atoms with Gasteiger partial charge >= 0.3 is 7.68 Å². The lowest BCUT2D eigenvalue weighted by Gasteiger charge is -2.02. The zero-order valence-electron chi connectivity index (χ0n) is 6.10. The van der Waals surface area contributed by atoms with Gasteiger partial charge in [0.05, 0.1) is 6.16 Å². The molecule has 11 heavy (non-hydrogen) atoms. The topological polar surface area (TPSA) is 75.1 Å². The first-order valence-electron chi connectivity index (χ1n) is 2.97. The minimum Gasteiger partial charge on any atom is -0.309 e. The molecule has 7 heteroatoms. The van der Waals surface area contributed by atoms with Crippen molar-refractivity contribution in [3.8, 4) is 0 Å². The summed E-state index contributed by atoms with van der Waals surface area (Å²) in [5.74, 6) is 0. The van der Waals surface area contributed by atoms with Crippen LogP contribution in [0.1, 0.15) is 6.42 Å². The minimum atomic E-state index is -3.90. The van der Waals surface area contributed by atoms with Crippen molar-refractivity contribution in [2.75, 3.05) is 19.8 Å². The molecular formula is C4H9FN3O2P. The summed E-state index contributed by atoms with van der Waals surface area (Å²) in [6.07, 6.45) is 0.0498. The summed E-state index contributed by atoms with van der Waals surface area (Å²) in [5, 5.41) is 3.15. The molecule has 0 rings (SSSR count). The first kappa shape index (κ1) is 10.4. The Labute approximate surface area is 63.7 Å². The van der Waals surface area contributed by atoms with E-state index in [9.17, 15) is 8.76 Å². The number of rotatable bonds is 5. The molecule has 0 amide bonds. The fourth-order valence-electron chi connectivity index (χ4n) is 0.466. The summed E-state index contributed by atoms with van der Waals surface area (Å²) >= 11 is 0. The van der Waals surface area contributed by atoms with Crippen LogP contribution in [0.15, 0.2) is 5.11 Å². The second-order valence-corrected chi connectivity index (χ2v) is 3.80. The van der Waals surface area contributed by atoms with E-state index in [2.05, 4.69) is 14.5 Å². The maximum atomic E-state index is 12.4. The SMILES string of the molecule is COP(=O)(F)CCCN=[N+]=[N-]. The number of halogens is 1. The smallest absolute Gasteiger partial charge is 0.309 e. The second kappa shape index (κ2) is 5.13. The Bertz CT molecular complexity index is 204. The first-order valence-corrected chi connectivity index (χ1v) is 4.68. The van der Waals surface area contributed by atoms with Crippen LogP contribution < -0.4 is 0 Å². The Morgan fingerprint density at radius 2 is 2.45 bits per heavy atom. The number of azide groups is 1. The van der Waals surface area contributed by atoms with Gasteiger partial charge in [0.2, 0.25) is 0 Å². The molecule has 0 aliphatic carbocycles. The third kappa shape index (κ3) is 5.85. The standard InChI is InChI=1S/C4H9FN3O2P/c1-10-11(5,9)4-2-3-7-8-6/h2-4H2,1H3. The van der Waals surface area contributed by atoms with Crippen LogP contribution in [-0.4, -0.2) is 19.8 Å². The molecule has 0 N–H and O–H groups in total. The number of hydrogen-bond donors (Lipinski definition) is 0. The zero-order chi connectivity index (χ0) is 8.74. The van der Waals surface area contributed by atoms with Gasteiger partial charge in [-0.2, -0.15) is 4.20 Å². The van der Waals surface area contributed by atoms with E-state index in [-0.39, 0.29) is 19.1 Å². The molecule has 0 saturated heterocycles. The highest BCUT2D eigenvalue weighted by atomic mass is 31.2. The maximum absolute atomic E-state index is 12.4. The molecule has 1 unspecified atom stereocenters. The zero-order valence-corrected chi connectivity index (χ0v) is 7.00. The molecule has 64 valence electrons. The third-order valence-electron chi connectivity index (χ3n) is 1.02. The Hall–Kier alpha value is -0.570. The molecule has 0 aliphatic heterocycles. The molecule has 0 aromatic heterocycles. The van der Waals surface area contributed by atoms with E-state index in [4.69, 9.17) is 5.53 Å². The van der Waals surface area contributed by atoms with E-state index in [0.717, 1.165) is 7.11 Å². The van der Waals surface area contributed by atoms with Crippen LogP contribution in [-0.2, 0) is 9.09 Å². The maximum Gasteiger partial charge on any atom is 0.367 e. The predicted octanol–water partition coefficient (Wildman–Crippen LogP) is 2.50. The van der Waals surface area contributed by atoms with Crippen LogP contribution in [0.2, 0.25) is 0 Å². The van der Waals surface area contributed by atoms with Gasteiger partial charge < -0.3 is 4.52 Å². The van der Waals surface area contributed by atoms with E-state index < -0.39 is 7.68 Å². The molecule has 0 aromatic rings. The van der Waals surface area contributed by atoms with Gasteiger partial charge in [-0.1, -0.05) is 5.11 Å². The average Bonchev–Trinajstić information content (AvgIpc) is 1.99. The van der Waals surface area contributed by atoms with Crippen molar-refractivity contribution in [1.82, 2.24) is 0 Å². The lowest BCUT2D eigenvalue weighted by Crippen LogP contribution is -1.89. The normalized spacial score (nSPS) is 15.1. The van der Waals surface area contributed by atoms with Crippen molar-refractivity contribution < 1.29 is 13.3 Å². The highest BCUT2D eigenvalue weighted by molar-refractivity contribution is 7.53. The van der Waals surface area contributed by atoms with Gasteiger partial charge in [0.15, 0.2) is 0 Å². The molecule has 0 saturated carbocycles. The van der Waals surface area contributed by atoms with E-state index in [1.165, 1.54) is 0 Å². The van der Waals surface area contributed by atoms with Crippen molar-refractivity contribution in [2.24, 2.45) is 5.11 Å². The van der Waals surface area contributed by atoms with Crippen molar-refractivity contribution in [2.45, 2.75) is 6.42 Å². The molecule has 5 nitrogen and oxygen atoms in total. The quantitative estimate of drug-likeness (QED) is 0.215. The van der Waals surface area contributed by atoms with E-state index in [0.29, 0.717) is 0 Å². The molecule has 0 aromatic carbocycles. The predicted molar refractivity (Wildman–Crippen MR) is 39.2 cm³/mol. The van der Waals surface area contributed by atoms with Crippen LogP contribution in [0.3, 0.4) is 0 Å². The van der Waals surface area contributed by atoms with Crippen molar-refractivity contribution in [3.63, 3.8) is 0 Å². The second-order valence-electron chi connectivity index (χ2n) is 1.80. The van der Waals surface area contributed by atoms with Gasteiger partial charge in [-0.3, -0.25) is 4.57 Å². The third-order valence-corrected chi connectivity index (χ3v) is 2.41. The molecule has 0 fully saturated rings. The Morgan fingerprint density at radius 3 is 2.91 bits per heavy atom. The van der Waals surface area contributed by atoms with Gasteiger partial charge in [-0.25, -0.2) is 0 Å². The Morgan fingerprint density at radius 1 is 1.82 bits per heavy atom. The van der Waals surface area contributed by atoms with E-state index >= 15 is 0 Å². The Kier molecular flexibility index (Phi) is 4.86. The van der Waals surface area contributed by atoms with Gasteiger partial charge in [-0.15, -0.1) is 0 Å². The molecule has 0 aliphatic rings. The van der Waals surface area contributed by atoms with E-state index in [1.807, 2.05) is 0 Å². The van der Waals surface area contributed by atoms with Gasteiger partial charge in [0, 0.05) is 18.6 Å². The summed E-state index contributed by atoms with van der Waals surface area (Å²) < 4.78 is 27.0. The highest BCUT2D eigenvalue weighted by Crippen LogP contribution is 2.47. The van der Waals surface area contributed by atoms with Gasteiger partial charge in [0.1, 0.15) is 0 Å². The molecule has 0 bridgehead atoms. The molecule has 0 heterocycles. The molecule has 0 radical (unpaired) electrons. The fourth-order valence-corrected chi connectivity index (χ4v) is 1.17. The van der Waals surface area contributed by atoms with Crippen molar-refractivity contribution in [1.29, 1.82) is 0 Å². The highest BCUT2D eigenvalue weighted by Gasteiger charge is 2.17. The lowest BCUT2D eigenvalue weighted by molar-refractivity contribution is 0.355. The molecule has 1 atom stereocenters. The largest absolute Gasteiger partial charge is 0.367 e. The fraction of sp³-hybridized carbons (Fsp3) is 1.00. The van der Waals surface area contributed by atoms with Gasteiger partial charge in [0.25, 0.3) is 0 Å². The summed E-state index contributed by atoms with van der Waals surface area (Å²) in [4.78, 5) is 2.45. The van der Waals surface area contributed by atoms with Crippen LogP contribution in [0.4, 0.5) is 4.20 Å². The lowest BCUT2D eigenvalue weighted by atomic mass is 10.5. The molecular weight excluding hydrogens is 172 g/mol. The van der Waals surface area contributed by atoms with Crippen LogP contribution >= 0.6 is 7.68 Å². The number of hydrogen-bond acceptors (Lipinski definition) is 3. The number of nitrogens with zero attached hydrogens (tertiary/aromatic N) is 3. The van der Waals surface area contributed by atoms with Crippen molar-refractivity contribution >= 4 is 7.68 Å². The van der Waals surface area contributed by atoms with Gasteiger partial charge in [-0.05, 0) is 12.0 Å². The summed E-state index contributed by atoms with van der Waals surface area (Å²) in [6, 6.07) is 0. The van der Waals surface area contributed by atoms with Crippen LogP contribution in [0, 0.1) is 0 Å². The van der Waals surface area contributed by atoms with Crippen molar-refractivity contribution in [3.05, 3.63) is 10.4 Å².